The molecule has 0 bridgehead atoms. The van der Waals surface area contributed by atoms with E-state index in [1.165, 1.54) is 7.05 Å². The van der Waals surface area contributed by atoms with Crippen LogP contribution in [0.25, 0.3) is 10.9 Å². The Morgan fingerprint density at radius 3 is 2.64 bits per heavy atom. The lowest BCUT2D eigenvalue weighted by atomic mass is 10.2. The van der Waals surface area contributed by atoms with Crippen molar-refractivity contribution in [2.45, 2.75) is 15.5 Å². The second-order valence-corrected chi connectivity index (χ2v) is 7.95. The van der Waals surface area contributed by atoms with E-state index in [0.717, 1.165) is 26.3 Å². The largest absolute Gasteiger partial charge is 0.360 e. The highest BCUT2D eigenvalue weighted by Crippen LogP contribution is 2.34. The van der Waals surface area contributed by atoms with Crippen LogP contribution in [0, 0.1) is 0 Å². The number of rotatable bonds is 5. The quantitative estimate of drug-likeness (QED) is 0.753. The Balaban J connectivity index is 1.95. The molecule has 0 aliphatic carbocycles. The molecule has 0 unspecified atom stereocenters. The molecule has 1 heterocycles. The minimum absolute atomic E-state index is 0.0138. The molecule has 1 aromatic heterocycles. The molecule has 0 amide bonds. The number of nitrogens with one attached hydrogen (secondary N) is 2. The first kappa shape index (κ1) is 15.1. The topological polar surface area (TPSA) is 62.0 Å². The molecule has 114 valence electrons. The molecule has 0 saturated carbocycles. The van der Waals surface area contributed by atoms with Crippen LogP contribution in [-0.2, 0) is 15.8 Å². The fourth-order valence-electron chi connectivity index (χ4n) is 2.22. The average molecular weight is 332 g/mol. The maximum atomic E-state index is 11.7. The van der Waals surface area contributed by atoms with Gasteiger partial charge in [0.2, 0.25) is 10.0 Å². The third kappa shape index (κ3) is 3.35. The summed E-state index contributed by atoms with van der Waals surface area (Å²) in [6.07, 6.45) is 1.96. The molecule has 0 fully saturated rings. The van der Waals surface area contributed by atoms with Gasteiger partial charge in [-0.1, -0.05) is 36.0 Å². The van der Waals surface area contributed by atoms with Crippen molar-refractivity contribution in [1.82, 2.24) is 9.71 Å². The second kappa shape index (κ2) is 6.16. The van der Waals surface area contributed by atoms with Crippen LogP contribution in [0.15, 0.2) is 64.5 Å². The number of sulfonamides is 1. The van der Waals surface area contributed by atoms with E-state index >= 15 is 0 Å². The van der Waals surface area contributed by atoms with Crippen LogP contribution in [-0.4, -0.2) is 20.4 Å². The summed E-state index contributed by atoms with van der Waals surface area (Å²) in [6, 6.07) is 15.8. The fourth-order valence-corrected chi connectivity index (χ4v) is 3.93. The summed E-state index contributed by atoms with van der Waals surface area (Å²) in [7, 11) is -1.83. The van der Waals surface area contributed by atoms with Crippen LogP contribution >= 0.6 is 11.8 Å². The third-order valence-corrected chi connectivity index (χ3v) is 5.75. The van der Waals surface area contributed by atoms with Crippen molar-refractivity contribution in [3.8, 4) is 0 Å². The Labute approximate surface area is 134 Å². The monoisotopic (exact) mass is 332 g/mol. The first-order valence-corrected chi connectivity index (χ1v) is 9.28. The summed E-state index contributed by atoms with van der Waals surface area (Å²) in [4.78, 5) is 5.46. The van der Waals surface area contributed by atoms with E-state index in [1.54, 1.807) is 11.8 Å². The molecule has 0 radical (unpaired) electrons. The number of aromatic amines is 1. The highest BCUT2D eigenvalue weighted by atomic mass is 32.2. The number of hydrogen-bond acceptors (Lipinski definition) is 3. The summed E-state index contributed by atoms with van der Waals surface area (Å²) in [5.41, 5.74) is 1.78. The lowest BCUT2D eigenvalue weighted by Crippen LogP contribution is -2.20. The second-order valence-electron chi connectivity index (χ2n) is 4.91. The van der Waals surface area contributed by atoms with Crippen molar-refractivity contribution in [1.29, 1.82) is 0 Å². The highest BCUT2D eigenvalue weighted by molar-refractivity contribution is 7.99. The van der Waals surface area contributed by atoms with Gasteiger partial charge in [-0.2, -0.15) is 0 Å². The number of aromatic nitrogens is 1. The van der Waals surface area contributed by atoms with Crippen LogP contribution < -0.4 is 4.72 Å². The van der Waals surface area contributed by atoms with Crippen molar-refractivity contribution in [2.75, 3.05) is 7.05 Å². The van der Waals surface area contributed by atoms with Gasteiger partial charge in [0.05, 0.1) is 5.75 Å². The molecule has 3 aromatic rings. The van der Waals surface area contributed by atoms with Gasteiger partial charge in [0.1, 0.15) is 0 Å². The molecule has 22 heavy (non-hydrogen) atoms. The molecule has 0 saturated heterocycles. The number of fused-ring (bicyclic) bond motifs is 1. The summed E-state index contributed by atoms with van der Waals surface area (Å²) in [5.74, 6) is -0.0138. The molecule has 6 heteroatoms. The van der Waals surface area contributed by atoms with Crippen molar-refractivity contribution in [3.63, 3.8) is 0 Å². The van der Waals surface area contributed by atoms with Crippen LogP contribution in [0.2, 0.25) is 0 Å². The van der Waals surface area contributed by atoms with Gasteiger partial charge in [-0.25, -0.2) is 13.1 Å². The fraction of sp³-hybridized carbons (Fsp3) is 0.125. The molecule has 0 atom stereocenters. The lowest BCUT2D eigenvalue weighted by molar-refractivity contribution is 0.587. The normalized spacial score (nSPS) is 11.9. The molecule has 2 N–H and O–H groups in total. The van der Waals surface area contributed by atoms with Crippen LogP contribution in [0.4, 0.5) is 0 Å². The van der Waals surface area contributed by atoms with Crippen LogP contribution in [0.1, 0.15) is 5.56 Å². The predicted octanol–water partition coefficient (Wildman–Crippen LogP) is 3.37. The average Bonchev–Trinajstić information content (AvgIpc) is 2.90. The molecule has 2 aromatic carbocycles. The standard InChI is InChI=1S/C16H16N2O2S2/c1-17-22(19,20)11-12-7-8-15-14(9-12)16(10-18-15)21-13-5-3-2-4-6-13/h2-10,17-18H,11H2,1H3. The zero-order valence-corrected chi connectivity index (χ0v) is 13.7. The maximum Gasteiger partial charge on any atom is 0.215 e. The highest BCUT2D eigenvalue weighted by Gasteiger charge is 2.11. The van der Waals surface area contributed by atoms with Crippen LogP contribution in [0.5, 0.6) is 0 Å². The first-order chi connectivity index (χ1) is 10.6. The molecule has 4 nitrogen and oxygen atoms in total. The first-order valence-electron chi connectivity index (χ1n) is 6.81. The van der Waals surface area contributed by atoms with Gasteiger partial charge in [0.25, 0.3) is 0 Å². The van der Waals surface area contributed by atoms with Gasteiger partial charge in [-0.05, 0) is 36.9 Å². The third-order valence-electron chi connectivity index (χ3n) is 3.35. The predicted molar refractivity (Wildman–Crippen MR) is 90.5 cm³/mol. The Morgan fingerprint density at radius 1 is 1.14 bits per heavy atom. The van der Waals surface area contributed by atoms with Crippen molar-refractivity contribution < 1.29 is 8.42 Å². The number of H-pyrrole nitrogens is 1. The van der Waals surface area contributed by atoms with Crippen molar-refractivity contribution >= 4 is 32.7 Å². The Bertz CT molecular complexity index is 887. The van der Waals surface area contributed by atoms with E-state index < -0.39 is 10.0 Å². The minimum Gasteiger partial charge on any atom is -0.360 e. The Kier molecular flexibility index (Phi) is 4.24. The van der Waals surface area contributed by atoms with Gasteiger partial charge in [-0.3, -0.25) is 0 Å². The van der Waals surface area contributed by atoms with E-state index in [-0.39, 0.29) is 5.75 Å². The van der Waals surface area contributed by atoms with Crippen LogP contribution in [0.3, 0.4) is 0 Å². The van der Waals surface area contributed by atoms with E-state index in [0.29, 0.717) is 0 Å². The molecular formula is C16H16N2O2S2. The van der Waals surface area contributed by atoms with E-state index in [2.05, 4.69) is 21.8 Å². The molecule has 3 rings (SSSR count). The Hall–Kier alpha value is -1.76. The lowest BCUT2D eigenvalue weighted by Gasteiger charge is -2.04. The Morgan fingerprint density at radius 2 is 1.91 bits per heavy atom. The summed E-state index contributed by atoms with van der Waals surface area (Å²) in [5, 5.41) is 1.04. The maximum absolute atomic E-state index is 11.7. The molecule has 0 spiro atoms. The van der Waals surface area contributed by atoms with E-state index in [9.17, 15) is 8.42 Å². The molecular weight excluding hydrogens is 316 g/mol. The van der Waals surface area contributed by atoms with Crippen molar-refractivity contribution in [3.05, 3.63) is 60.3 Å². The smallest absolute Gasteiger partial charge is 0.215 e. The van der Waals surface area contributed by atoms with E-state index in [4.69, 9.17) is 0 Å². The minimum atomic E-state index is -3.26. The van der Waals surface area contributed by atoms with Gasteiger partial charge in [-0.15, -0.1) is 0 Å². The van der Waals surface area contributed by atoms with Gasteiger partial charge >= 0.3 is 0 Å². The van der Waals surface area contributed by atoms with Gasteiger partial charge in [0, 0.05) is 26.9 Å². The summed E-state index contributed by atoms with van der Waals surface area (Å²) in [6.45, 7) is 0. The van der Waals surface area contributed by atoms with Gasteiger partial charge < -0.3 is 4.98 Å². The van der Waals surface area contributed by atoms with E-state index in [1.807, 2.05) is 42.6 Å². The molecule has 0 aliphatic heterocycles. The number of benzene rings is 2. The van der Waals surface area contributed by atoms with Gasteiger partial charge in [0.15, 0.2) is 0 Å². The van der Waals surface area contributed by atoms with Crippen molar-refractivity contribution in [2.24, 2.45) is 0 Å². The number of hydrogen-bond donors (Lipinski definition) is 2. The SMILES string of the molecule is CNS(=O)(=O)Cc1ccc2[nH]cc(Sc3ccccc3)c2c1. The zero-order valence-electron chi connectivity index (χ0n) is 12.0. The summed E-state index contributed by atoms with van der Waals surface area (Å²) >= 11 is 1.66. The zero-order chi connectivity index (χ0) is 15.6. The molecule has 0 aliphatic rings. The summed E-state index contributed by atoms with van der Waals surface area (Å²) < 4.78 is 25.7.